The smallest absolute Gasteiger partial charge is 0.232 e. The number of Topliss-reactive ketones (excluding diaryl/α,β-unsaturated/α-hetero) is 1. The van der Waals surface area contributed by atoms with Crippen molar-refractivity contribution >= 4 is 51.0 Å². The van der Waals surface area contributed by atoms with Gasteiger partial charge in [0.15, 0.2) is 5.76 Å². The lowest BCUT2D eigenvalue weighted by atomic mass is 10.0. The van der Waals surface area contributed by atoms with Crippen LogP contribution in [0.2, 0.25) is 10.0 Å². The van der Waals surface area contributed by atoms with Crippen molar-refractivity contribution < 1.29 is 14.3 Å². The highest BCUT2D eigenvalue weighted by molar-refractivity contribution is 9.10. The molecule has 29 heavy (non-hydrogen) atoms. The Hall–Kier alpha value is -2.27. The average Bonchev–Trinajstić information content (AvgIpc) is 3.00. The summed E-state index contributed by atoms with van der Waals surface area (Å²) in [4.78, 5) is 12.8. The SMILES string of the molecule is Cc1cc(OCc2ccc(Cl)c(Cl)c2)cc2c1C(=O)/C(=C/c1ccc(Br)cc1)O2. The Labute approximate surface area is 187 Å². The first kappa shape index (κ1) is 20.0. The summed E-state index contributed by atoms with van der Waals surface area (Å²) in [5.41, 5.74) is 3.15. The number of hydrogen-bond donors (Lipinski definition) is 0. The van der Waals surface area contributed by atoms with Crippen LogP contribution in [0.4, 0.5) is 0 Å². The summed E-state index contributed by atoms with van der Waals surface area (Å²) in [5.74, 6) is 1.29. The highest BCUT2D eigenvalue weighted by Gasteiger charge is 2.30. The molecular weight excluding hydrogens is 475 g/mol. The van der Waals surface area contributed by atoms with Gasteiger partial charge in [-0.2, -0.15) is 0 Å². The summed E-state index contributed by atoms with van der Waals surface area (Å²) in [5, 5.41) is 0.982. The predicted molar refractivity (Wildman–Crippen MR) is 119 cm³/mol. The van der Waals surface area contributed by atoms with E-state index in [1.165, 1.54) is 0 Å². The van der Waals surface area contributed by atoms with E-state index in [-0.39, 0.29) is 5.78 Å². The Balaban J connectivity index is 1.55. The molecule has 0 amide bonds. The molecule has 0 atom stereocenters. The van der Waals surface area contributed by atoms with Gasteiger partial charge in [-0.05, 0) is 60.0 Å². The first-order valence-electron chi connectivity index (χ1n) is 8.82. The van der Waals surface area contributed by atoms with Crippen molar-refractivity contribution in [3.05, 3.63) is 97.1 Å². The van der Waals surface area contributed by atoms with E-state index < -0.39 is 0 Å². The minimum atomic E-state index is -0.128. The van der Waals surface area contributed by atoms with E-state index in [9.17, 15) is 4.79 Å². The van der Waals surface area contributed by atoms with Gasteiger partial charge in [-0.15, -0.1) is 0 Å². The van der Waals surface area contributed by atoms with Crippen molar-refractivity contribution in [2.75, 3.05) is 0 Å². The normalized spacial score (nSPS) is 14.1. The third-order valence-electron chi connectivity index (χ3n) is 4.50. The summed E-state index contributed by atoms with van der Waals surface area (Å²) >= 11 is 15.4. The molecule has 3 aromatic rings. The van der Waals surface area contributed by atoms with E-state index >= 15 is 0 Å². The van der Waals surface area contributed by atoms with Gasteiger partial charge in [0.25, 0.3) is 0 Å². The number of allylic oxidation sites excluding steroid dienone is 1. The van der Waals surface area contributed by atoms with E-state index in [1.54, 1.807) is 24.3 Å². The lowest BCUT2D eigenvalue weighted by Crippen LogP contribution is -2.00. The van der Waals surface area contributed by atoms with Gasteiger partial charge >= 0.3 is 0 Å². The van der Waals surface area contributed by atoms with E-state index in [1.807, 2.05) is 43.3 Å². The predicted octanol–water partition coefficient (Wildman–Crippen LogP) is 7.26. The number of rotatable bonds is 4. The zero-order chi connectivity index (χ0) is 20.5. The lowest BCUT2D eigenvalue weighted by molar-refractivity contribution is 0.101. The highest BCUT2D eigenvalue weighted by Crippen LogP contribution is 2.38. The second kappa shape index (κ2) is 8.23. The molecule has 3 nitrogen and oxygen atoms in total. The van der Waals surface area contributed by atoms with Gasteiger partial charge in [-0.1, -0.05) is 57.3 Å². The zero-order valence-electron chi connectivity index (χ0n) is 15.3. The minimum absolute atomic E-state index is 0.128. The molecule has 0 unspecified atom stereocenters. The van der Waals surface area contributed by atoms with Gasteiger partial charge in [-0.3, -0.25) is 4.79 Å². The molecule has 1 aliphatic rings. The van der Waals surface area contributed by atoms with Crippen molar-refractivity contribution in [2.24, 2.45) is 0 Å². The number of hydrogen-bond acceptors (Lipinski definition) is 3. The molecule has 0 fully saturated rings. The maximum Gasteiger partial charge on any atom is 0.232 e. The van der Waals surface area contributed by atoms with Crippen molar-refractivity contribution in [1.29, 1.82) is 0 Å². The number of benzene rings is 3. The van der Waals surface area contributed by atoms with Gasteiger partial charge < -0.3 is 9.47 Å². The lowest BCUT2D eigenvalue weighted by Gasteiger charge is -2.10. The van der Waals surface area contributed by atoms with Gasteiger partial charge in [0.05, 0.1) is 15.6 Å². The molecule has 1 heterocycles. The highest BCUT2D eigenvalue weighted by atomic mass is 79.9. The number of ether oxygens (including phenoxy) is 2. The van der Waals surface area contributed by atoms with Crippen LogP contribution in [0, 0.1) is 6.92 Å². The quantitative estimate of drug-likeness (QED) is 0.362. The van der Waals surface area contributed by atoms with E-state index in [0.717, 1.165) is 21.2 Å². The van der Waals surface area contributed by atoms with Crippen LogP contribution in [0.1, 0.15) is 27.0 Å². The monoisotopic (exact) mass is 488 g/mol. The van der Waals surface area contributed by atoms with Crippen LogP contribution in [-0.2, 0) is 6.61 Å². The van der Waals surface area contributed by atoms with Crippen LogP contribution in [0.5, 0.6) is 11.5 Å². The summed E-state index contributed by atoms with van der Waals surface area (Å²) < 4.78 is 12.7. The van der Waals surface area contributed by atoms with Crippen molar-refractivity contribution in [1.82, 2.24) is 0 Å². The topological polar surface area (TPSA) is 35.5 Å². The number of ketones is 1. The first-order chi connectivity index (χ1) is 13.9. The van der Waals surface area contributed by atoms with Gasteiger partial charge in [0.2, 0.25) is 5.78 Å². The molecular formula is C23H15BrCl2O3. The Morgan fingerprint density at radius 3 is 2.52 bits per heavy atom. The molecule has 0 radical (unpaired) electrons. The molecule has 0 saturated carbocycles. The van der Waals surface area contributed by atoms with Gasteiger partial charge in [0.1, 0.15) is 18.1 Å². The first-order valence-corrected chi connectivity index (χ1v) is 10.4. The molecule has 0 bridgehead atoms. The molecule has 0 aromatic heterocycles. The second-order valence-corrected chi connectivity index (χ2v) is 8.37. The molecule has 0 N–H and O–H groups in total. The average molecular weight is 490 g/mol. The van der Waals surface area contributed by atoms with E-state index in [2.05, 4.69) is 15.9 Å². The molecule has 146 valence electrons. The van der Waals surface area contributed by atoms with Crippen LogP contribution >= 0.6 is 39.1 Å². The van der Waals surface area contributed by atoms with Crippen molar-refractivity contribution in [2.45, 2.75) is 13.5 Å². The van der Waals surface area contributed by atoms with Crippen LogP contribution in [0.15, 0.2) is 64.8 Å². The summed E-state index contributed by atoms with van der Waals surface area (Å²) in [6, 6.07) is 16.6. The Kier molecular flexibility index (Phi) is 5.68. The molecule has 0 aliphatic carbocycles. The molecule has 3 aromatic carbocycles. The van der Waals surface area contributed by atoms with Crippen LogP contribution in [-0.4, -0.2) is 5.78 Å². The maximum atomic E-state index is 12.8. The van der Waals surface area contributed by atoms with Crippen molar-refractivity contribution in [3.63, 3.8) is 0 Å². The van der Waals surface area contributed by atoms with E-state index in [4.69, 9.17) is 32.7 Å². The minimum Gasteiger partial charge on any atom is -0.489 e. The van der Waals surface area contributed by atoms with Crippen LogP contribution < -0.4 is 9.47 Å². The third-order valence-corrected chi connectivity index (χ3v) is 5.77. The van der Waals surface area contributed by atoms with Crippen LogP contribution in [0.3, 0.4) is 0 Å². The van der Waals surface area contributed by atoms with Crippen LogP contribution in [0.25, 0.3) is 6.08 Å². The Bertz CT molecular complexity index is 1140. The fourth-order valence-electron chi connectivity index (χ4n) is 3.07. The number of carbonyl (C=O) groups excluding carboxylic acids is 1. The molecule has 4 rings (SSSR count). The zero-order valence-corrected chi connectivity index (χ0v) is 18.4. The van der Waals surface area contributed by atoms with E-state index in [0.29, 0.717) is 39.5 Å². The molecule has 1 aliphatic heterocycles. The maximum absolute atomic E-state index is 12.8. The van der Waals surface area contributed by atoms with Gasteiger partial charge in [-0.25, -0.2) is 0 Å². The summed E-state index contributed by atoms with van der Waals surface area (Å²) in [7, 11) is 0. The number of carbonyl (C=O) groups is 1. The molecule has 0 saturated heterocycles. The summed E-state index contributed by atoms with van der Waals surface area (Å²) in [6.07, 6.45) is 1.74. The second-order valence-electron chi connectivity index (χ2n) is 6.64. The number of fused-ring (bicyclic) bond motifs is 1. The fraction of sp³-hybridized carbons (Fsp3) is 0.0870. The number of halogens is 3. The molecule has 6 heteroatoms. The van der Waals surface area contributed by atoms with Gasteiger partial charge in [0, 0.05) is 10.5 Å². The largest absolute Gasteiger partial charge is 0.489 e. The summed E-state index contributed by atoms with van der Waals surface area (Å²) in [6.45, 7) is 2.19. The fourth-order valence-corrected chi connectivity index (χ4v) is 3.65. The van der Waals surface area contributed by atoms with Crippen molar-refractivity contribution in [3.8, 4) is 11.5 Å². The standard InChI is InChI=1S/C23H15BrCl2O3/c1-13-8-17(28-12-15-4-7-18(25)19(26)9-15)11-20-22(13)23(27)21(29-20)10-14-2-5-16(24)6-3-14/h2-11H,12H2,1H3/b21-10-. The molecule has 0 spiro atoms. The Morgan fingerprint density at radius 1 is 1.03 bits per heavy atom. The third kappa shape index (κ3) is 4.35. The number of aryl methyl sites for hydroxylation is 1. The Morgan fingerprint density at radius 2 is 1.79 bits per heavy atom.